The van der Waals surface area contributed by atoms with Crippen LogP contribution in [0.3, 0.4) is 0 Å². The van der Waals surface area contributed by atoms with Gasteiger partial charge in [-0.3, -0.25) is 9.69 Å². The summed E-state index contributed by atoms with van der Waals surface area (Å²) in [6.45, 7) is 6.28. The van der Waals surface area contributed by atoms with Crippen LogP contribution in [0.15, 0.2) is 47.0 Å². The fourth-order valence-corrected chi connectivity index (χ4v) is 3.66. The van der Waals surface area contributed by atoms with Gasteiger partial charge >= 0.3 is 0 Å². The van der Waals surface area contributed by atoms with Crippen molar-refractivity contribution in [2.24, 2.45) is 0 Å². The van der Waals surface area contributed by atoms with Crippen molar-refractivity contribution in [2.75, 3.05) is 33.3 Å². The Kier molecular flexibility index (Phi) is 5.99. The molecule has 0 N–H and O–H groups in total. The summed E-state index contributed by atoms with van der Waals surface area (Å²) in [7, 11) is 1.59. The molecule has 1 amide bonds. The number of piperazine rings is 1. The topological polar surface area (TPSA) is 71.7 Å². The van der Waals surface area contributed by atoms with Crippen molar-refractivity contribution in [3.05, 3.63) is 65.3 Å². The Morgan fingerprint density at radius 3 is 2.65 bits per heavy atom. The number of hydrogen-bond donors (Lipinski definition) is 0. The van der Waals surface area contributed by atoms with Gasteiger partial charge in [0.1, 0.15) is 11.6 Å². The minimum atomic E-state index is -0.297. The molecular formula is C23H25FN4O3. The minimum Gasteiger partial charge on any atom is -0.497 e. The minimum absolute atomic E-state index is 0.00678. The van der Waals surface area contributed by atoms with Gasteiger partial charge in [-0.05, 0) is 43.7 Å². The number of halogens is 1. The average Bonchev–Trinajstić information content (AvgIpc) is 3.30. The number of methoxy groups -OCH3 is 1. The maximum absolute atomic E-state index is 13.9. The van der Waals surface area contributed by atoms with Crippen LogP contribution in [0.4, 0.5) is 4.39 Å². The zero-order valence-corrected chi connectivity index (χ0v) is 17.8. The first kappa shape index (κ1) is 21.0. The lowest BCUT2D eigenvalue weighted by molar-refractivity contribution is 0.0551. The van der Waals surface area contributed by atoms with Gasteiger partial charge in [-0.2, -0.15) is 4.98 Å². The third-order valence-electron chi connectivity index (χ3n) is 5.70. The molecule has 4 rings (SSSR count). The highest BCUT2D eigenvalue weighted by molar-refractivity contribution is 5.94. The van der Waals surface area contributed by atoms with E-state index in [0.29, 0.717) is 60.3 Å². The number of carbonyl (C=O) groups excluding carboxylic acids is 1. The van der Waals surface area contributed by atoms with E-state index in [-0.39, 0.29) is 17.8 Å². The summed E-state index contributed by atoms with van der Waals surface area (Å²) in [6, 6.07) is 12.0. The monoisotopic (exact) mass is 424 g/mol. The van der Waals surface area contributed by atoms with Gasteiger partial charge in [0.2, 0.25) is 11.7 Å². The van der Waals surface area contributed by atoms with E-state index in [1.807, 2.05) is 24.0 Å². The average molecular weight is 424 g/mol. The van der Waals surface area contributed by atoms with Crippen molar-refractivity contribution in [3.63, 3.8) is 0 Å². The highest BCUT2D eigenvalue weighted by atomic mass is 19.1. The van der Waals surface area contributed by atoms with E-state index >= 15 is 0 Å². The van der Waals surface area contributed by atoms with Gasteiger partial charge in [0.05, 0.1) is 13.2 Å². The van der Waals surface area contributed by atoms with E-state index in [1.165, 1.54) is 6.07 Å². The third-order valence-corrected chi connectivity index (χ3v) is 5.70. The molecule has 0 spiro atoms. The third kappa shape index (κ3) is 4.44. The summed E-state index contributed by atoms with van der Waals surface area (Å²) in [6.07, 6.45) is 0. The zero-order valence-electron chi connectivity index (χ0n) is 17.8. The summed E-state index contributed by atoms with van der Waals surface area (Å²) in [5.41, 5.74) is 1.77. The predicted octanol–water partition coefficient (Wildman–Crippen LogP) is 3.71. The van der Waals surface area contributed by atoms with Crippen molar-refractivity contribution in [1.29, 1.82) is 0 Å². The lowest BCUT2D eigenvalue weighted by atomic mass is 10.1. The Balaban J connectivity index is 1.39. The lowest BCUT2D eigenvalue weighted by Crippen LogP contribution is -2.49. The van der Waals surface area contributed by atoms with Crippen LogP contribution in [0.5, 0.6) is 5.75 Å². The molecule has 2 heterocycles. The molecule has 8 heteroatoms. The van der Waals surface area contributed by atoms with Gasteiger partial charge in [-0.1, -0.05) is 23.4 Å². The molecule has 1 unspecified atom stereocenters. The lowest BCUT2D eigenvalue weighted by Gasteiger charge is -2.36. The summed E-state index contributed by atoms with van der Waals surface area (Å²) >= 11 is 0. The number of ether oxygens (including phenoxy) is 1. The van der Waals surface area contributed by atoms with Gasteiger partial charge in [-0.15, -0.1) is 0 Å². The molecule has 0 aliphatic carbocycles. The second-order valence-electron chi connectivity index (χ2n) is 7.66. The standard InChI is InChI=1S/C23H25FN4O3/c1-15-7-8-17(14-20(15)24)21-25-22(31-26-21)16(2)27-9-11-28(12-10-27)23(29)18-5-4-6-19(13-18)30-3/h4-8,13-14,16H,9-12H2,1-3H3. The van der Waals surface area contributed by atoms with Crippen LogP contribution in [0, 0.1) is 12.7 Å². The second kappa shape index (κ2) is 8.85. The summed E-state index contributed by atoms with van der Waals surface area (Å²) in [5, 5.41) is 4.02. The molecule has 7 nitrogen and oxygen atoms in total. The quantitative estimate of drug-likeness (QED) is 0.622. The molecule has 1 aromatic heterocycles. The number of amides is 1. The maximum atomic E-state index is 13.9. The van der Waals surface area contributed by atoms with Crippen LogP contribution in [-0.4, -0.2) is 59.1 Å². The number of nitrogens with zero attached hydrogens (tertiary/aromatic N) is 4. The fraction of sp³-hybridized carbons (Fsp3) is 0.348. The first-order chi connectivity index (χ1) is 15.0. The Bertz CT molecular complexity index is 1080. The largest absolute Gasteiger partial charge is 0.497 e. The molecule has 3 aromatic rings. The van der Waals surface area contributed by atoms with Crippen molar-refractivity contribution in [2.45, 2.75) is 19.9 Å². The van der Waals surface area contributed by atoms with Gasteiger partial charge in [0.25, 0.3) is 5.91 Å². The van der Waals surface area contributed by atoms with E-state index in [0.717, 1.165) is 0 Å². The number of benzene rings is 2. The zero-order chi connectivity index (χ0) is 22.0. The molecule has 1 aliphatic heterocycles. The molecule has 1 aliphatic rings. The Labute approximate surface area is 180 Å². The molecule has 1 saturated heterocycles. The first-order valence-corrected chi connectivity index (χ1v) is 10.2. The van der Waals surface area contributed by atoms with Gasteiger partial charge in [0.15, 0.2) is 0 Å². The van der Waals surface area contributed by atoms with Gasteiger partial charge in [-0.25, -0.2) is 4.39 Å². The van der Waals surface area contributed by atoms with Crippen LogP contribution >= 0.6 is 0 Å². The fourth-order valence-electron chi connectivity index (χ4n) is 3.66. The number of aromatic nitrogens is 2. The predicted molar refractivity (Wildman–Crippen MR) is 113 cm³/mol. The van der Waals surface area contributed by atoms with Crippen LogP contribution in [-0.2, 0) is 0 Å². The molecule has 31 heavy (non-hydrogen) atoms. The number of hydrogen-bond acceptors (Lipinski definition) is 6. The van der Waals surface area contributed by atoms with Crippen LogP contribution < -0.4 is 4.74 Å². The smallest absolute Gasteiger partial charge is 0.254 e. The summed E-state index contributed by atoms with van der Waals surface area (Å²) < 4.78 is 24.5. The van der Waals surface area contributed by atoms with Crippen LogP contribution in [0.1, 0.15) is 34.8 Å². The van der Waals surface area contributed by atoms with Gasteiger partial charge in [0, 0.05) is 37.3 Å². The molecule has 162 valence electrons. The van der Waals surface area contributed by atoms with Crippen LogP contribution in [0.25, 0.3) is 11.4 Å². The van der Waals surface area contributed by atoms with Crippen LogP contribution in [0.2, 0.25) is 0 Å². The Hall–Kier alpha value is -3.26. The summed E-state index contributed by atoms with van der Waals surface area (Å²) in [5.74, 6) is 1.20. The highest BCUT2D eigenvalue weighted by Crippen LogP contribution is 2.25. The molecule has 1 fully saturated rings. The Morgan fingerprint density at radius 2 is 1.94 bits per heavy atom. The molecule has 0 saturated carbocycles. The second-order valence-corrected chi connectivity index (χ2v) is 7.66. The number of carbonyl (C=O) groups is 1. The van der Waals surface area contributed by atoms with E-state index in [4.69, 9.17) is 9.26 Å². The van der Waals surface area contributed by atoms with Crippen molar-refractivity contribution >= 4 is 5.91 Å². The van der Waals surface area contributed by atoms with Crippen molar-refractivity contribution in [1.82, 2.24) is 19.9 Å². The van der Waals surface area contributed by atoms with E-state index in [2.05, 4.69) is 15.0 Å². The van der Waals surface area contributed by atoms with Crippen molar-refractivity contribution < 1.29 is 18.4 Å². The van der Waals surface area contributed by atoms with E-state index in [9.17, 15) is 9.18 Å². The highest BCUT2D eigenvalue weighted by Gasteiger charge is 2.28. The maximum Gasteiger partial charge on any atom is 0.254 e. The van der Waals surface area contributed by atoms with E-state index in [1.54, 1.807) is 38.3 Å². The SMILES string of the molecule is COc1cccc(C(=O)N2CCN(C(C)c3nc(-c4ccc(C)c(F)c4)no3)CC2)c1. The first-order valence-electron chi connectivity index (χ1n) is 10.2. The molecule has 2 aromatic carbocycles. The van der Waals surface area contributed by atoms with E-state index < -0.39 is 0 Å². The number of aryl methyl sites for hydroxylation is 1. The molecular weight excluding hydrogens is 399 g/mol. The molecule has 1 atom stereocenters. The molecule has 0 bridgehead atoms. The molecule has 0 radical (unpaired) electrons. The Morgan fingerprint density at radius 1 is 1.16 bits per heavy atom. The normalized spacial score (nSPS) is 15.7. The van der Waals surface area contributed by atoms with Crippen molar-refractivity contribution in [3.8, 4) is 17.1 Å². The van der Waals surface area contributed by atoms with Gasteiger partial charge < -0.3 is 14.2 Å². The summed E-state index contributed by atoms with van der Waals surface area (Å²) in [4.78, 5) is 21.3. The number of rotatable bonds is 5.